The molecule has 1 aliphatic heterocycles. The predicted octanol–water partition coefficient (Wildman–Crippen LogP) is 4.98. The molecule has 0 bridgehead atoms. The van der Waals surface area contributed by atoms with Gasteiger partial charge in [-0.15, -0.1) is 0 Å². The van der Waals surface area contributed by atoms with Gasteiger partial charge in [0.05, 0.1) is 12.6 Å². The molecule has 0 fully saturated rings. The van der Waals surface area contributed by atoms with Gasteiger partial charge in [0.25, 0.3) is 5.91 Å². The van der Waals surface area contributed by atoms with Gasteiger partial charge >= 0.3 is 0 Å². The van der Waals surface area contributed by atoms with Gasteiger partial charge in [-0.3, -0.25) is 4.79 Å². The highest BCUT2D eigenvalue weighted by atomic mass is 16.5. The van der Waals surface area contributed by atoms with E-state index in [1.165, 1.54) is 0 Å². The molecule has 1 N–H and O–H groups in total. The fourth-order valence-corrected chi connectivity index (χ4v) is 3.65. The molecule has 4 heteroatoms. The lowest BCUT2D eigenvalue weighted by Crippen LogP contribution is -2.29. The lowest BCUT2D eigenvalue weighted by molar-refractivity contribution is 0.0943. The normalized spacial score (nSPS) is 13.8. The molecule has 3 aromatic carbocycles. The molecule has 0 saturated carbocycles. The van der Waals surface area contributed by atoms with E-state index in [0.29, 0.717) is 12.2 Å². The minimum absolute atomic E-state index is 0.0937. The van der Waals surface area contributed by atoms with Gasteiger partial charge in [-0.05, 0) is 54.4 Å². The molecule has 0 aliphatic carbocycles. The zero-order chi connectivity index (χ0) is 20.8. The van der Waals surface area contributed by atoms with Crippen molar-refractivity contribution in [3.63, 3.8) is 0 Å². The Balaban J connectivity index is 1.54. The summed E-state index contributed by atoms with van der Waals surface area (Å²) in [5, 5.41) is 3.20. The van der Waals surface area contributed by atoms with Crippen molar-refractivity contribution in [3.8, 4) is 5.75 Å². The van der Waals surface area contributed by atoms with E-state index in [4.69, 9.17) is 4.74 Å². The van der Waals surface area contributed by atoms with Crippen molar-refractivity contribution in [3.05, 3.63) is 108 Å². The summed E-state index contributed by atoms with van der Waals surface area (Å²) >= 11 is 0. The number of benzene rings is 3. The number of carbonyl (C=O) groups is 1. The van der Waals surface area contributed by atoms with Gasteiger partial charge in [0.2, 0.25) is 0 Å². The van der Waals surface area contributed by atoms with Crippen LogP contribution >= 0.6 is 0 Å². The maximum atomic E-state index is 13.0. The molecule has 152 valence electrons. The topological polar surface area (TPSA) is 41.6 Å². The summed E-state index contributed by atoms with van der Waals surface area (Å²) in [5.41, 5.74) is 3.83. The molecule has 1 amide bonds. The maximum absolute atomic E-state index is 13.0. The van der Waals surface area contributed by atoms with Crippen LogP contribution in [-0.2, 0) is 0 Å². The van der Waals surface area contributed by atoms with Crippen LogP contribution in [0.3, 0.4) is 0 Å². The molecule has 0 spiro atoms. The molecule has 0 saturated heterocycles. The molecule has 1 heterocycles. The van der Waals surface area contributed by atoms with Crippen LogP contribution in [0.5, 0.6) is 5.75 Å². The second kappa shape index (κ2) is 9.31. The van der Waals surface area contributed by atoms with E-state index >= 15 is 0 Å². The predicted molar refractivity (Wildman–Crippen MR) is 121 cm³/mol. The van der Waals surface area contributed by atoms with Crippen molar-refractivity contribution >= 4 is 11.6 Å². The Kier molecular flexibility index (Phi) is 6.14. The molecule has 0 aromatic heterocycles. The van der Waals surface area contributed by atoms with E-state index in [0.717, 1.165) is 35.7 Å². The molecular weight excluding hydrogens is 372 g/mol. The second-order valence-corrected chi connectivity index (χ2v) is 7.24. The lowest BCUT2D eigenvalue weighted by Gasteiger charge is -2.21. The first-order chi connectivity index (χ1) is 14.7. The number of ether oxygens (including phenoxy) is 1. The summed E-state index contributed by atoms with van der Waals surface area (Å²) in [5.74, 6) is 0.732. The summed E-state index contributed by atoms with van der Waals surface area (Å²) in [7, 11) is 0. The summed E-state index contributed by atoms with van der Waals surface area (Å²) in [6.07, 6.45) is 4.31. The van der Waals surface area contributed by atoms with Crippen molar-refractivity contribution in [2.24, 2.45) is 0 Å². The van der Waals surface area contributed by atoms with E-state index < -0.39 is 0 Å². The first-order valence-electron chi connectivity index (χ1n) is 10.3. The summed E-state index contributed by atoms with van der Waals surface area (Å²) in [6.45, 7) is 4.42. The van der Waals surface area contributed by atoms with E-state index in [1.807, 2.05) is 85.8 Å². The number of rotatable bonds is 7. The lowest BCUT2D eigenvalue weighted by atomic mass is 9.98. The molecule has 1 unspecified atom stereocenters. The monoisotopic (exact) mass is 398 g/mol. The molecule has 0 radical (unpaired) electrons. The van der Waals surface area contributed by atoms with E-state index in [-0.39, 0.29) is 11.9 Å². The number of nitrogens with one attached hydrogen (secondary N) is 1. The highest BCUT2D eigenvalue weighted by Gasteiger charge is 2.18. The minimum Gasteiger partial charge on any atom is -0.494 e. The Bertz CT molecular complexity index is 987. The van der Waals surface area contributed by atoms with Gasteiger partial charge in [-0.1, -0.05) is 54.6 Å². The summed E-state index contributed by atoms with van der Waals surface area (Å²) < 4.78 is 5.55. The number of amides is 1. The molecule has 30 heavy (non-hydrogen) atoms. The standard InChI is InChI=1S/C26H26N2O2/c1-2-30-24-16-12-21(13-17-24)25(20-8-4-3-5-9-20)27-26(29)22-10-14-23(15-11-22)28-18-6-7-19-28/h3-17,25H,2,18-19H2,1H3,(H,27,29). The molecule has 1 atom stereocenters. The number of hydrogen-bond donors (Lipinski definition) is 1. The minimum atomic E-state index is -0.239. The molecule has 3 aromatic rings. The third-order valence-corrected chi connectivity index (χ3v) is 5.25. The molecule has 4 rings (SSSR count). The van der Waals surface area contributed by atoms with Gasteiger partial charge in [0.15, 0.2) is 0 Å². The average molecular weight is 399 g/mol. The number of nitrogens with zero attached hydrogens (tertiary/aromatic N) is 1. The summed E-state index contributed by atoms with van der Waals surface area (Å²) in [6, 6.07) is 25.5. The summed E-state index contributed by atoms with van der Waals surface area (Å²) in [4.78, 5) is 15.3. The van der Waals surface area contributed by atoms with Crippen LogP contribution in [0.2, 0.25) is 0 Å². The van der Waals surface area contributed by atoms with Gasteiger partial charge in [-0.2, -0.15) is 0 Å². The van der Waals surface area contributed by atoms with Crippen LogP contribution in [-0.4, -0.2) is 25.6 Å². The van der Waals surface area contributed by atoms with Crippen molar-refractivity contribution in [1.29, 1.82) is 0 Å². The van der Waals surface area contributed by atoms with E-state index in [1.54, 1.807) is 0 Å². The number of carbonyl (C=O) groups excluding carboxylic acids is 1. The Morgan fingerprint density at radius 2 is 1.53 bits per heavy atom. The van der Waals surface area contributed by atoms with Crippen LogP contribution in [0, 0.1) is 0 Å². The third kappa shape index (κ3) is 4.54. The van der Waals surface area contributed by atoms with Crippen LogP contribution in [0.25, 0.3) is 0 Å². The van der Waals surface area contributed by atoms with Crippen molar-refractivity contribution in [2.45, 2.75) is 13.0 Å². The van der Waals surface area contributed by atoms with E-state index in [9.17, 15) is 4.79 Å². The fourth-order valence-electron chi connectivity index (χ4n) is 3.65. The van der Waals surface area contributed by atoms with Crippen molar-refractivity contribution < 1.29 is 9.53 Å². The second-order valence-electron chi connectivity index (χ2n) is 7.24. The van der Waals surface area contributed by atoms with Gasteiger partial charge in [0.1, 0.15) is 5.75 Å². The van der Waals surface area contributed by atoms with Crippen LogP contribution < -0.4 is 15.0 Å². The fraction of sp³-hybridized carbons (Fsp3) is 0.192. The average Bonchev–Trinajstić information content (AvgIpc) is 3.34. The quantitative estimate of drug-likeness (QED) is 0.571. The zero-order valence-corrected chi connectivity index (χ0v) is 17.1. The first kappa shape index (κ1) is 19.8. The first-order valence-corrected chi connectivity index (χ1v) is 10.3. The van der Waals surface area contributed by atoms with E-state index in [2.05, 4.69) is 22.4 Å². The van der Waals surface area contributed by atoms with Crippen LogP contribution in [0.1, 0.15) is 34.5 Å². The van der Waals surface area contributed by atoms with Gasteiger partial charge < -0.3 is 15.0 Å². The Labute approximate surface area is 177 Å². The Hall–Kier alpha value is -3.53. The van der Waals surface area contributed by atoms with Gasteiger partial charge in [0, 0.05) is 24.3 Å². The highest BCUT2D eigenvalue weighted by Crippen LogP contribution is 2.25. The van der Waals surface area contributed by atoms with Crippen LogP contribution in [0.15, 0.2) is 91.0 Å². The van der Waals surface area contributed by atoms with Crippen molar-refractivity contribution in [2.75, 3.05) is 24.6 Å². The number of anilines is 1. The maximum Gasteiger partial charge on any atom is 0.252 e. The van der Waals surface area contributed by atoms with Crippen LogP contribution in [0.4, 0.5) is 5.69 Å². The van der Waals surface area contributed by atoms with Crippen molar-refractivity contribution in [1.82, 2.24) is 5.32 Å². The molecule has 4 nitrogen and oxygen atoms in total. The molecule has 1 aliphatic rings. The zero-order valence-electron chi connectivity index (χ0n) is 17.1. The number of hydrogen-bond acceptors (Lipinski definition) is 3. The Morgan fingerprint density at radius 1 is 0.900 bits per heavy atom. The highest BCUT2D eigenvalue weighted by molar-refractivity contribution is 5.95. The smallest absolute Gasteiger partial charge is 0.252 e. The third-order valence-electron chi connectivity index (χ3n) is 5.25. The SMILES string of the molecule is CCOc1ccc(C(NC(=O)c2ccc(N3CC=CC3)cc2)c2ccccc2)cc1. The largest absolute Gasteiger partial charge is 0.494 e. The van der Waals surface area contributed by atoms with Gasteiger partial charge in [-0.25, -0.2) is 0 Å². The molecular formula is C26H26N2O2. The Morgan fingerprint density at radius 3 is 2.17 bits per heavy atom.